The monoisotopic (exact) mass is 248 g/mol. The van der Waals surface area contributed by atoms with Gasteiger partial charge in [0.1, 0.15) is 0 Å². The molecule has 0 unspecified atom stereocenters. The van der Waals surface area contributed by atoms with Gasteiger partial charge in [0.15, 0.2) is 0 Å². The van der Waals surface area contributed by atoms with E-state index in [2.05, 4.69) is 27.7 Å². The first-order valence-electron chi connectivity index (χ1n) is 4.83. The summed E-state index contributed by atoms with van der Waals surface area (Å²) in [7, 11) is 0.864. The fraction of sp³-hybridized carbons (Fsp3) is 1.00. The quantitative estimate of drug-likeness (QED) is 0.672. The molecule has 0 aliphatic carbocycles. The van der Waals surface area contributed by atoms with Gasteiger partial charge in [0.05, 0.1) is 0 Å². The molecule has 0 bridgehead atoms. The Morgan fingerprint density at radius 3 is 0.750 bits per heavy atom. The molecule has 0 aromatic heterocycles. The van der Waals surface area contributed by atoms with E-state index in [4.69, 9.17) is 0 Å². The van der Waals surface area contributed by atoms with Crippen molar-refractivity contribution in [1.82, 2.24) is 0 Å². The summed E-state index contributed by atoms with van der Waals surface area (Å²) >= 11 is 0. The highest BCUT2D eigenvalue weighted by Crippen LogP contribution is 1.77. The second kappa shape index (κ2) is 29.6. The summed E-state index contributed by atoms with van der Waals surface area (Å²) in [6.45, 7) is 9.09. The Morgan fingerprint density at radius 2 is 0.750 bits per heavy atom. The maximum atomic E-state index is 2.27. The van der Waals surface area contributed by atoms with Crippen LogP contribution in [-0.4, -0.2) is 19.0 Å². The molecule has 0 aliphatic rings. The van der Waals surface area contributed by atoms with Crippen molar-refractivity contribution in [2.45, 2.75) is 51.9 Å². The van der Waals surface area contributed by atoms with Crippen molar-refractivity contribution in [2.24, 2.45) is 0 Å². The van der Waals surface area contributed by atoms with Gasteiger partial charge in [-0.1, -0.05) is 51.9 Å². The predicted molar refractivity (Wildman–Crippen MR) is 73.5 cm³/mol. The van der Waals surface area contributed by atoms with Gasteiger partial charge in [-0.2, -0.15) is 0 Å². The van der Waals surface area contributed by atoms with E-state index in [9.17, 15) is 0 Å². The minimum Gasteiger partial charge on any atom is -0.147 e. The third-order valence-electron chi connectivity index (χ3n) is 1.41. The first-order valence-corrected chi connectivity index (χ1v) is 8.83. The molecule has 0 fully saturated rings. The number of hydrogen-bond donors (Lipinski definition) is 0. The van der Waals surface area contributed by atoms with Gasteiger partial charge in [0.2, 0.25) is 0 Å². The predicted octanol–water partition coefficient (Wildman–Crippen LogP) is 2.91. The summed E-state index contributed by atoms with van der Waals surface area (Å²) in [5, 5.41) is 0. The molecule has 0 saturated carbocycles. The Hall–Kier alpha value is 1.01. The summed E-state index contributed by atoms with van der Waals surface area (Å²) in [4.78, 5) is 0. The van der Waals surface area contributed by atoms with Crippen LogP contribution in [0.15, 0.2) is 0 Å². The highest BCUT2D eigenvalue weighted by atomic mass is 35.5. The van der Waals surface area contributed by atoms with Crippen molar-refractivity contribution in [3.05, 3.63) is 0 Å². The van der Waals surface area contributed by atoms with Gasteiger partial charge < -0.3 is 0 Å². The van der Waals surface area contributed by atoms with Crippen LogP contribution in [0.5, 0.6) is 0 Å². The van der Waals surface area contributed by atoms with E-state index in [0.717, 1.165) is 0 Å². The summed E-state index contributed by atoms with van der Waals surface area (Å²) in [6, 6.07) is 5.93. The van der Waals surface area contributed by atoms with Crippen molar-refractivity contribution in [3.63, 3.8) is 0 Å². The summed E-state index contributed by atoms with van der Waals surface area (Å²) < 4.78 is 0. The number of hydrogen-bond acceptors (Lipinski definition) is 0. The van der Waals surface area contributed by atoms with Crippen LogP contribution in [0.2, 0.25) is 24.2 Å². The van der Waals surface area contributed by atoms with E-state index in [0.29, 0.717) is 19.0 Å². The molecular weight excluding hydrogens is 223 g/mol. The Bertz CT molecular complexity index is 36.0. The van der Waals surface area contributed by atoms with E-state index in [1.165, 1.54) is 24.2 Å². The van der Waals surface area contributed by atoms with Crippen LogP contribution in [0, 0.1) is 0 Å². The first-order chi connectivity index (χ1) is 4.83. The van der Waals surface area contributed by atoms with Crippen LogP contribution >= 0.6 is 24.8 Å². The lowest BCUT2D eigenvalue weighted by Gasteiger charge is -1.77. The van der Waals surface area contributed by atoms with Crippen molar-refractivity contribution in [2.75, 3.05) is 0 Å². The second-order valence-corrected chi connectivity index (χ2v) is 8.12. The van der Waals surface area contributed by atoms with Crippen LogP contribution in [-0.2, 0) is 0 Å². The molecule has 0 rings (SSSR count). The minimum absolute atomic E-state index is 0. The molecule has 0 aromatic carbocycles. The standard InChI is InChI=1S/2C4H12Si.2ClH/c2*1-3-5-4-2;;/h2*3-5H2,1-2H3;2*1H. The molecule has 4 heteroatoms. The lowest BCUT2D eigenvalue weighted by atomic mass is 11.0. The van der Waals surface area contributed by atoms with Crippen LogP contribution < -0.4 is 0 Å². The molecule has 0 atom stereocenters. The van der Waals surface area contributed by atoms with E-state index in [1.54, 1.807) is 0 Å². The number of rotatable bonds is 4. The summed E-state index contributed by atoms with van der Waals surface area (Å²) in [5.74, 6) is 0. The van der Waals surface area contributed by atoms with Gasteiger partial charge in [-0.3, -0.25) is 0 Å². The molecule has 0 nitrogen and oxygen atoms in total. The van der Waals surface area contributed by atoms with Crippen molar-refractivity contribution in [3.8, 4) is 0 Å². The Kier molecular flexibility index (Phi) is 57.1. The zero-order valence-electron chi connectivity index (χ0n) is 9.06. The second-order valence-electron chi connectivity index (χ2n) is 2.71. The van der Waals surface area contributed by atoms with E-state index in [1.807, 2.05) is 0 Å². The molecule has 0 spiro atoms. The summed E-state index contributed by atoms with van der Waals surface area (Å²) in [5.41, 5.74) is 0. The first kappa shape index (κ1) is 23.1. The average molecular weight is 249 g/mol. The maximum absolute atomic E-state index is 2.27. The molecule has 0 radical (unpaired) electrons. The fourth-order valence-electron chi connectivity index (χ4n) is 0.707. The van der Waals surface area contributed by atoms with Crippen LogP contribution in [0.1, 0.15) is 27.7 Å². The van der Waals surface area contributed by atoms with Crippen molar-refractivity contribution >= 4 is 43.9 Å². The maximum Gasteiger partial charge on any atom is 0.0192 e. The molecule has 0 aromatic rings. The zero-order valence-corrected chi connectivity index (χ0v) is 13.5. The van der Waals surface area contributed by atoms with Crippen LogP contribution in [0.4, 0.5) is 0 Å². The largest absolute Gasteiger partial charge is 0.147 e. The molecule has 80 valence electrons. The Labute approximate surface area is 95.8 Å². The highest BCUT2D eigenvalue weighted by molar-refractivity contribution is 6.35. The van der Waals surface area contributed by atoms with Gasteiger partial charge in [-0.05, 0) is 0 Å². The Balaban J connectivity index is -0.0000000457. The molecular formula is C8H26Cl2Si2. The summed E-state index contributed by atoms with van der Waals surface area (Å²) in [6.07, 6.45) is 0. The average Bonchev–Trinajstić information content (AvgIpc) is 1.93. The minimum atomic E-state index is 0. The molecule has 0 aliphatic heterocycles. The van der Waals surface area contributed by atoms with Crippen LogP contribution in [0.25, 0.3) is 0 Å². The van der Waals surface area contributed by atoms with Gasteiger partial charge >= 0.3 is 0 Å². The fourth-order valence-corrected chi connectivity index (χ4v) is 2.12. The normalized spacial score (nSPS) is 7.00. The number of halogens is 2. The van der Waals surface area contributed by atoms with Crippen molar-refractivity contribution in [1.29, 1.82) is 0 Å². The van der Waals surface area contributed by atoms with Gasteiger partial charge in [0, 0.05) is 19.0 Å². The lowest BCUT2D eigenvalue weighted by Crippen LogP contribution is -1.76. The molecule has 0 heterocycles. The van der Waals surface area contributed by atoms with Crippen LogP contribution in [0.3, 0.4) is 0 Å². The third kappa shape index (κ3) is 43.9. The molecule has 0 saturated heterocycles. The topological polar surface area (TPSA) is 0 Å². The molecule has 0 amide bonds. The zero-order chi connectivity index (χ0) is 8.24. The lowest BCUT2D eigenvalue weighted by molar-refractivity contribution is 1.36. The van der Waals surface area contributed by atoms with Gasteiger partial charge in [-0.25, -0.2) is 0 Å². The van der Waals surface area contributed by atoms with E-state index >= 15 is 0 Å². The molecule has 0 N–H and O–H groups in total. The van der Waals surface area contributed by atoms with E-state index in [-0.39, 0.29) is 24.8 Å². The Morgan fingerprint density at radius 1 is 0.583 bits per heavy atom. The third-order valence-corrected chi connectivity index (χ3v) is 4.24. The van der Waals surface area contributed by atoms with E-state index < -0.39 is 0 Å². The van der Waals surface area contributed by atoms with Crippen molar-refractivity contribution < 1.29 is 0 Å². The SMILES string of the molecule is CC[SiH2]CC.CC[SiH2]CC.Cl.Cl. The highest BCUT2D eigenvalue weighted by Gasteiger charge is 1.70. The molecule has 12 heavy (non-hydrogen) atoms. The van der Waals surface area contributed by atoms with Gasteiger partial charge in [0.25, 0.3) is 0 Å². The smallest absolute Gasteiger partial charge is 0.0192 e. The van der Waals surface area contributed by atoms with Gasteiger partial charge in [-0.15, -0.1) is 24.8 Å².